The first-order valence-corrected chi connectivity index (χ1v) is 4.75. The van der Waals surface area contributed by atoms with Gasteiger partial charge in [0, 0.05) is 12.1 Å². The van der Waals surface area contributed by atoms with Crippen LogP contribution in [0.25, 0.3) is 0 Å². The van der Waals surface area contributed by atoms with Crippen molar-refractivity contribution in [1.29, 1.82) is 0 Å². The van der Waals surface area contributed by atoms with E-state index in [1.807, 2.05) is 24.3 Å². The summed E-state index contributed by atoms with van der Waals surface area (Å²) >= 11 is 0. The Morgan fingerprint density at radius 2 is 2.13 bits per heavy atom. The van der Waals surface area contributed by atoms with Gasteiger partial charge < -0.3 is 15.2 Å². The molecule has 1 aromatic carbocycles. The van der Waals surface area contributed by atoms with Crippen LogP contribution in [0.1, 0.15) is 5.56 Å². The number of carbonyl (C=O) groups is 1. The van der Waals surface area contributed by atoms with Crippen LogP contribution in [0.3, 0.4) is 0 Å². The van der Waals surface area contributed by atoms with Crippen molar-refractivity contribution in [2.45, 2.75) is 6.42 Å². The van der Waals surface area contributed by atoms with Crippen LogP contribution < -0.4 is 10.5 Å². The average molecular weight is 209 g/mol. The highest BCUT2D eigenvalue weighted by molar-refractivity contribution is 5.73. The van der Waals surface area contributed by atoms with Crippen LogP contribution in [0, 0.1) is 0 Å². The van der Waals surface area contributed by atoms with E-state index in [0.29, 0.717) is 18.9 Å². The quantitative estimate of drug-likeness (QED) is 0.726. The third kappa shape index (κ3) is 3.59. The molecule has 1 rings (SSSR count). The third-order valence-electron chi connectivity index (χ3n) is 1.91. The molecule has 0 unspecified atom stereocenters. The van der Waals surface area contributed by atoms with Crippen molar-refractivity contribution in [3.05, 3.63) is 29.8 Å². The van der Waals surface area contributed by atoms with Gasteiger partial charge in [0.25, 0.3) is 0 Å². The van der Waals surface area contributed by atoms with Crippen LogP contribution in [0.2, 0.25) is 0 Å². The van der Waals surface area contributed by atoms with Crippen molar-refractivity contribution in [1.82, 2.24) is 0 Å². The van der Waals surface area contributed by atoms with Crippen molar-refractivity contribution in [2.75, 3.05) is 20.3 Å². The molecule has 0 heterocycles. The second-order valence-electron chi connectivity index (χ2n) is 3.00. The molecule has 1 aromatic rings. The minimum absolute atomic E-state index is 0.219. The summed E-state index contributed by atoms with van der Waals surface area (Å²) in [4.78, 5) is 11.1. The molecule has 0 radical (unpaired) electrons. The molecule has 0 spiro atoms. The number of rotatable bonds is 5. The summed E-state index contributed by atoms with van der Waals surface area (Å²) < 4.78 is 9.99. The van der Waals surface area contributed by atoms with E-state index in [9.17, 15) is 4.79 Å². The fourth-order valence-electron chi connectivity index (χ4n) is 1.19. The summed E-state index contributed by atoms with van der Waals surface area (Å²) in [6, 6.07) is 7.36. The molecule has 0 fully saturated rings. The molecule has 0 amide bonds. The minimum atomic E-state index is -0.279. The smallest absolute Gasteiger partial charge is 0.310 e. The molecule has 15 heavy (non-hydrogen) atoms. The highest BCUT2D eigenvalue weighted by atomic mass is 16.5. The number of methoxy groups -OCH3 is 1. The standard InChI is InChI=1S/C11H15NO3/c1-14-11(13)8-9-4-2-3-5-10(9)15-7-6-12/h2-5H,6-8,12H2,1H3. The second kappa shape index (κ2) is 6.03. The van der Waals surface area contributed by atoms with E-state index < -0.39 is 0 Å². The molecule has 0 aromatic heterocycles. The molecule has 4 nitrogen and oxygen atoms in total. The second-order valence-corrected chi connectivity index (χ2v) is 3.00. The lowest BCUT2D eigenvalue weighted by Crippen LogP contribution is -2.12. The van der Waals surface area contributed by atoms with E-state index in [-0.39, 0.29) is 12.4 Å². The van der Waals surface area contributed by atoms with Gasteiger partial charge in [0.1, 0.15) is 12.4 Å². The Morgan fingerprint density at radius 3 is 2.80 bits per heavy atom. The van der Waals surface area contributed by atoms with Crippen molar-refractivity contribution in [2.24, 2.45) is 5.73 Å². The van der Waals surface area contributed by atoms with Gasteiger partial charge in [-0.3, -0.25) is 4.79 Å². The van der Waals surface area contributed by atoms with Crippen LogP contribution in [-0.2, 0) is 16.0 Å². The van der Waals surface area contributed by atoms with Gasteiger partial charge in [0.2, 0.25) is 0 Å². The lowest BCUT2D eigenvalue weighted by atomic mass is 10.1. The fourth-order valence-corrected chi connectivity index (χ4v) is 1.19. The van der Waals surface area contributed by atoms with E-state index in [1.54, 1.807) is 0 Å². The Hall–Kier alpha value is -1.55. The van der Waals surface area contributed by atoms with E-state index in [1.165, 1.54) is 7.11 Å². The maximum Gasteiger partial charge on any atom is 0.310 e. The first-order valence-electron chi connectivity index (χ1n) is 4.75. The topological polar surface area (TPSA) is 61.5 Å². The predicted molar refractivity (Wildman–Crippen MR) is 56.7 cm³/mol. The summed E-state index contributed by atoms with van der Waals surface area (Å²) in [6.07, 6.45) is 0.219. The van der Waals surface area contributed by atoms with E-state index in [4.69, 9.17) is 10.5 Å². The zero-order valence-electron chi connectivity index (χ0n) is 8.73. The van der Waals surface area contributed by atoms with Gasteiger partial charge in [0.05, 0.1) is 13.5 Å². The average Bonchev–Trinajstić information content (AvgIpc) is 2.28. The number of carbonyl (C=O) groups excluding carboxylic acids is 1. The van der Waals surface area contributed by atoms with Crippen LogP contribution in [0.4, 0.5) is 0 Å². The summed E-state index contributed by atoms with van der Waals surface area (Å²) in [5.74, 6) is 0.409. The number of esters is 1. The number of hydrogen-bond donors (Lipinski definition) is 1. The molecular weight excluding hydrogens is 194 g/mol. The van der Waals surface area contributed by atoms with E-state index in [0.717, 1.165) is 5.56 Å². The van der Waals surface area contributed by atoms with Crippen molar-refractivity contribution in [3.8, 4) is 5.75 Å². The molecule has 0 aliphatic carbocycles. The normalized spacial score (nSPS) is 9.73. The summed E-state index contributed by atoms with van der Waals surface area (Å²) in [7, 11) is 1.37. The molecule has 82 valence electrons. The predicted octanol–water partition coefficient (Wildman–Crippen LogP) is 0.740. The van der Waals surface area contributed by atoms with Crippen LogP contribution in [0.15, 0.2) is 24.3 Å². The van der Waals surface area contributed by atoms with Gasteiger partial charge in [-0.15, -0.1) is 0 Å². The highest BCUT2D eigenvalue weighted by Gasteiger charge is 2.07. The Balaban J connectivity index is 2.72. The molecule has 0 bridgehead atoms. The lowest BCUT2D eigenvalue weighted by molar-refractivity contribution is -0.139. The molecule has 4 heteroatoms. The number of ether oxygens (including phenoxy) is 2. The summed E-state index contributed by atoms with van der Waals surface area (Å²) in [5.41, 5.74) is 6.15. The molecule has 0 atom stereocenters. The van der Waals surface area contributed by atoms with Gasteiger partial charge in [-0.25, -0.2) is 0 Å². The van der Waals surface area contributed by atoms with Gasteiger partial charge in [0.15, 0.2) is 0 Å². The van der Waals surface area contributed by atoms with E-state index >= 15 is 0 Å². The van der Waals surface area contributed by atoms with Crippen LogP contribution >= 0.6 is 0 Å². The van der Waals surface area contributed by atoms with Crippen molar-refractivity contribution in [3.63, 3.8) is 0 Å². The fraction of sp³-hybridized carbons (Fsp3) is 0.364. The van der Waals surface area contributed by atoms with Gasteiger partial charge in [-0.05, 0) is 6.07 Å². The molecule has 0 aliphatic heterocycles. The summed E-state index contributed by atoms with van der Waals surface area (Å²) in [6.45, 7) is 0.894. The van der Waals surface area contributed by atoms with Crippen LogP contribution in [-0.4, -0.2) is 26.2 Å². The van der Waals surface area contributed by atoms with Crippen LogP contribution in [0.5, 0.6) is 5.75 Å². The van der Waals surface area contributed by atoms with Crippen molar-refractivity contribution < 1.29 is 14.3 Å². The first kappa shape index (κ1) is 11.5. The van der Waals surface area contributed by atoms with Gasteiger partial charge in [-0.1, -0.05) is 18.2 Å². The number of nitrogens with two attached hydrogens (primary N) is 1. The van der Waals surface area contributed by atoms with Gasteiger partial charge >= 0.3 is 5.97 Å². The maximum absolute atomic E-state index is 11.1. The molecule has 0 aliphatic rings. The lowest BCUT2D eigenvalue weighted by Gasteiger charge is -2.09. The van der Waals surface area contributed by atoms with Crippen molar-refractivity contribution >= 4 is 5.97 Å². The number of para-hydroxylation sites is 1. The molecule has 2 N–H and O–H groups in total. The Kier molecular flexibility index (Phi) is 4.63. The largest absolute Gasteiger partial charge is 0.492 e. The first-order chi connectivity index (χ1) is 7.27. The molecule has 0 saturated heterocycles. The Morgan fingerprint density at radius 1 is 1.40 bits per heavy atom. The van der Waals surface area contributed by atoms with Gasteiger partial charge in [-0.2, -0.15) is 0 Å². The summed E-state index contributed by atoms with van der Waals surface area (Å²) in [5, 5.41) is 0. The number of benzene rings is 1. The zero-order valence-corrected chi connectivity index (χ0v) is 8.73. The maximum atomic E-state index is 11.1. The molecular formula is C11H15NO3. The molecule has 0 saturated carbocycles. The number of hydrogen-bond acceptors (Lipinski definition) is 4. The monoisotopic (exact) mass is 209 g/mol. The highest BCUT2D eigenvalue weighted by Crippen LogP contribution is 2.18. The Bertz CT molecular complexity index is 325. The zero-order chi connectivity index (χ0) is 11.1. The van der Waals surface area contributed by atoms with E-state index in [2.05, 4.69) is 4.74 Å². The Labute approximate surface area is 89.0 Å². The minimum Gasteiger partial charge on any atom is -0.492 e. The third-order valence-corrected chi connectivity index (χ3v) is 1.91. The SMILES string of the molecule is COC(=O)Cc1ccccc1OCCN.